The van der Waals surface area contributed by atoms with Gasteiger partial charge in [0.25, 0.3) is 0 Å². The van der Waals surface area contributed by atoms with E-state index in [2.05, 4.69) is 20.9 Å². The van der Waals surface area contributed by atoms with Crippen LogP contribution < -0.4 is 10.6 Å². The Bertz CT molecular complexity index is 711. The lowest BCUT2D eigenvalue weighted by Crippen LogP contribution is -2.42. The zero-order valence-corrected chi connectivity index (χ0v) is 14.9. The SMILES string of the molecule is CC[C@H](NC[C@@H]1CCO[C@@H]1c1cnn(C)c1)C(=O)Nc1cc(C)on1. The van der Waals surface area contributed by atoms with Crippen LogP contribution in [0.15, 0.2) is 23.0 Å². The van der Waals surface area contributed by atoms with Crippen LogP contribution in [0.3, 0.4) is 0 Å². The summed E-state index contributed by atoms with van der Waals surface area (Å²) in [6.07, 6.45) is 5.51. The van der Waals surface area contributed by atoms with Crippen molar-refractivity contribution < 1.29 is 14.1 Å². The van der Waals surface area contributed by atoms with Crippen molar-refractivity contribution in [3.63, 3.8) is 0 Å². The molecule has 2 N–H and O–H groups in total. The maximum Gasteiger partial charge on any atom is 0.242 e. The Labute approximate surface area is 146 Å². The third-order valence-corrected chi connectivity index (χ3v) is 4.50. The molecule has 1 saturated heterocycles. The highest BCUT2D eigenvalue weighted by molar-refractivity contribution is 5.93. The molecule has 0 radical (unpaired) electrons. The van der Waals surface area contributed by atoms with E-state index in [0.717, 1.165) is 18.6 Å². The standard InChI is InChI=1S/C17H25N5O3/c1-4-14(17(23)20-15-7-11(2)25-21-15)18-8-12-5-6-24-16(12)13-9-19-22(3)10-13/h7,9-10,12,14,16,18H,4-6,8H2,1-3H3,(H,20,21,23)/t12-,14-,16-/m0/s1. The van der Waals surface area contributed by atoms with E-state index in [9.17, 15) is 4.79 Å². The predicted octanol–water partition coefficient (Wildman–Crippen LogP) is 1.80. The zero-order chi connectivity index (χ0) is 17.8. The molecule has 3 atom stereocenters. The van der Waals surface area contributed by atoms with Crippen LogP contribution in [0.5, 0.6) is 0 Å². The first-order valence-corrected chi connectivity index (χ1v) is 8.64. The van der Waals surface area contributed by atoms with Crippen molar-refractivity contribution in [1.29, 1.82) is 0 Å². The molecule has 1 aliphatic rings. The highest BCUT2D eigenvalue weighted by Gasteiger charge is 2.31. The van der Waals surface area contributed by atoms with Gasteiger partial charge in [-0.05, 0) is 19.8 Å². The lowest BCUT2D eigenvalue weighted by atomic mass is 9.97. The van der Waals surface area contributed by atoms with Gasteiger partial charge in [-0.1, -0.05) is 12.1 Å². The summed E-state index contributed by atoms with van der Waals surface area (Å²) in [5, 5.41) is 14.2. The largest absolute Gasteiger partial charge is 0.373 e. The van der Waals surface area contributed by atoms with Crippen molar-refractivity contribution in [2.24, 2.45) is 13.0 Å². The van der Waals surface area contributed by atoms with Crippen LogP contribution >= 0.6 is 0 Å². The molecule has 8 heteroatoms. The van der Waals surface area contributed by atoms with E-state index >= 15 is 0 Å². The number of rotatable bonds is 7. The fourth-order valence-electron chi connectivity index (χ4n) is 3.15. The summed E-state index contributed by atoms with van der Waals surface area (Å²) in [5.41, 5.74) is 1.09. The summed E-state index contributed by atoms with van der Waals surface area (Å²) in [6, 6.07) is 1.42. The number of nitrogens with one attached hydrogen (secondary N) is 2. The minimum atomic E-state index is -0.285. The lowest BCUT2D eigenvalue weighted by Gasteiger charge is -2.21. The van der Waals surface area contributed by atoms with E-state index < -0.39 is 0 Å². The number of aryl methyl sites for hydroxylation is 2. The van der Waals surface area contributed by atoms with Gasteiger partial charge in [0.15, 0.2) is 5.82 Å². The van der Waals surface area contributed by atoms with E-state index in [-0.39, 0.29) is 18.1 Å². The Hall–Kier alpha value is -2.19. The van der Waals surface area contributed by atoms with Gasteiger partial charge in [-0.25, -0.2) is 0 Å². The van der Waals surface area contributed by atoms with Crippen LogP contribution in [0.2, 0.25) is 0 Å². The molecule has 2 aromatic rings. The number of anilines is 1. The van der Waals surface area contributed by atoms with Crippen LogP contribution in [0.1, 0.15) is 37.2 Å². The third kappa shape index (κ3) is 4.26. The molecule has 0 unspecified atom stereocenters. The average Bonchev–Trinajstić information content (AvgIpc) is 3.29. The van der Waals surface area contributed by atoms with Crippen molar-refractivity contribution in [1.82, 2.24) is 20.3 Å². The summed E-state index contributed by atoms with van der Waals surface area (Å²) in [6.45, 7) is 5.21. The van der Waals surface area contributed by atoms with Gasteiger partial charge in [0, 0.05) is 43.9 Å². The van der Waals surface area contributed by atoms with Crippen LogP contribution in [0.25, 0.3) is 0 Å². The molecule has 0 bridgehead atoms. The molecule has 1 fully saturated rings. The summed E-state index contributed by atoms with van der Waals surface area (Å²) in [4.78, 5) is 12.4. The first kappa shape index (κ1) is 17.6. The number of carbonyl (C=O) groups excluding carboxylic acids is 1. The first-order chi connectivity index (χ1) is 12.1. The second kappa shape index (κ2) is 7.79. The average molecular weight is 347 g/mol. The number of hydrogen-bond acceptors (Lipinski definition) is 6. The second-order valence-electron chi connectivity index (χ2n) is 6.47. The maximum absolute atomic E-state index is 12.4. The summed E-state index contributed by atoms with van der Waals surface area (Å²) in [7, 11) is 1.90. The number of amides is 1. The monoisotopic (exact) mass is 347 g/mol. The smallest absolute Gasteiger partial charge is 0.242 e. The minimum Gasteiger partial charge on any atom is -0.373 e. The van der Waals surface area contributed by atoms with Gasteiger partial charge < -0.3 is 19.9 Å². The van der Waals surface area contributed by atoms with Crippen LogP contribution in [-0.2, 0) is 16.6 Å². The minimum absolute atomic E-state index is 0.0277. The fraction of sp³-hybridized carbons (Fsp3) is 0.588. The van der Waals surface area contributed by atoms with Crippen molar-refractivity contribution in [3.8, 4) is 0 Å². The molecular weight excluding hydrogens is 322 g/mol. The van der Waals surface area contributed by atoms with Crippen molar-refractivity contribution >= 4 is 11.7 Å². The highest BCUT2D eigenvalue weighted by Crippen LogP contribution is 2.33. The Kier molecular flexibility index (Phi) is 5.50. The number of hydrogen-bond donors (Lipinski definition) is 2. The van der Waals surface area contributed by atoms with Gasteiger partial charge in [0.2, 0.25) is 5.91 Å². The fourth-order valence-corrected chi connectivity index (χ4v) is 3.15. The Morgan fingerprint density at radius 1 is 1.52 bits per heavy atom. The molecule has 1 aliphatic heterocycles. The quantitative estimate of drug-likeness (QED) is 0.793. The number of ether oxygens (including phenoxy) is 1. The Balaban J connectivity index is 1.55. The van der Waals surface area contributed by atoms with E-state index in [1.807, 2.05) is 26.4 Å². The topological polar surface area (TPSA) is 94.2 Å². The van der Waals surface area contributed by atoms with E-state index in [1.165, 1.54) is 0 Å². The predicted molar refractivity (Wildman–Crippen MR) is 92.0 cm³/mol. The second-order valence-corrected chi connectivity index (χ2v) is 6.47. The lowest BCUT2D eigenvalue weighted by molar-refractivity contribution is -0.118. The summed E-state index contributed by atoms with van der Waals surface area (Å²) < 4.78 is 12.6. The zero-order valence-electron chi connectivity index (χ0n) is 14.9. The van der Waals surface area contributed by atoms with Crippen molar-refractivity contribution in [2.45, 2.75) is 38.8 Å². The number of aromatic nitrogens is 3. The molecule has 0 saturated carbocycles. The maximum atomic E-state index is 12.4. The van der Waals surface area contributed by atoms with Crippen LogP contribution in [-0.4, -0.2) is 40.0 Å². The van der Waals surface area contributed by atoms with Gasteiger partial charge >= 0.3 is 0 Å². The van der Waals surface area contributed by atoms with Gasteiger partial charge in [-0.2, -0.15) is 5.10 Å². The molecule has 1 amide bonds. The highest BCUT2D eigenvalue weighted by atomic mass is 16.5. The molecule has 0 aliphatic carbocycles. The van der Waals surface area contributed by atoms with Crippen molar-refractivity contribution in [3.05, 3.63) is 29.8 Å². The van der Waals surface area contributed by atoms with Gasteiger partial charge in [-0.15, -0.1) is 0 Å². The van der Waals surface area contributed by atoms with E-state index in [4.69, 9.17) is 9.26 Å². The van der Waals surface area contributed by atoms with Crippen molar-refractivity contribution in [2.75, 3.05) is 18.5 Å². The molecular formula is C17H25N5O3. The molecule has 0 aromatic carbocycles. The molecule has 3 heterocycles. The van der Waals surface area contributed by atoms with Gasteiger partial charge in [0.1, 0.15) is 5.76 Å². The van der Waals surface area contributed by atoms with E-state index in [1.54, 1.807) is 17.7 Å². The molecule has 136 valence electrons. The molecule has 3 rings (SSSR count). The third-order valence-electron chi connectivity index (χ3n) is 4.50. The number of carbonyl (C=O) groups is 1. The Morgan fingerprint density at radius 2 is 2.36 bits per heavy atom. The van der Waals surface area contributed by atoms with E-state index in [0.29, 0.717) is 30.5 Å². The number of nitrogens with zero attached hydrogens (tertiary/aromatic N) is 3. The molecule has 2 aromatic heterocycles. The normalized spacial score (nSPS) is 21.4. The Morgan fingerprint density at radius 3 is 3.00 bits per heavy atom. The van der Waals surface area contributed by atoms with Crippen LogP contribution in [0, 0.1) is 12.8 Å². The summed E-state index contributed by atoms with van der Waals surface area (Å²) in [5.74, 6) is 1.33. The molecule has 25 heavy (non-hydrogen) atoms. The molecule has 8 nitrogen and oxygen atoms in total. The van der Waals surface area contributed by atoms with Gasteiger partial charge in [-0.3, -0.25) is 9.48 Å². The van der Waals surface area contributed by atoms with Gasteiger partial charge in [0.05, 0.1) is 18.3 Å². The molecule has 0 spiro atoms. The van der Waals surface area contributed by atoms with Crippen LogP contribution in [0.4, 0.5) is 5.82 Å². The first-order valence-electron chi connectivity index (χ1n) is 8.64. The summed E-state index contributed by atoms with van der Waals surface area (Å²) >= 11 is 0.